The lowest BCUT2D eigenvalue weighted by Crippen LogP contribution is -2.41. The zero-order chi connectivity index (χ0) is 22.2. The summed E-state index contributed by atoms with van der Waals surface area (Å²) in [5.41, 5.74) is 8.06. The van der Waals surface area contributed by atoms with E-state index in [2.05, 4.69) is 4.98 Å². The van der Waals surface area contributed by atoms with Gasteiger partial charge in [0.2, 0.25) is 0 Å². The van der Waals surface area contributed by atoms with E-state index in [4.69, 9.17) is 15.0 Å². The minimum absolute atomic E-state index is 0. The van der Waals surface area contributed by atoms with Crippen molar-refractivity contribution in [2.75, 3.05) is 6.54 Å². The van der Waals surface area contributed by atoms with Crippen molar-refractivity contribution < 1.29 is 14.1 Å². The van der Waals surface area contributed by atoms with Crippen LogP contribution in [0.1, 0.15) is 44.7 Å². The fourth-order valence-electron chi connectivity index (χ4n) is 3.89. The third-order valence-electron chi connectivity index (χ3n) is 6.57. The van der Waals surface area contributed by atoms with Crippen LogP contribution in [0.15, 0.2) is 60.9 Å². The molecule has 32 heavy (non-hydrogen) atoms. The van der Waals surface area contributed by atoms with Crippen molar-refractivity contribution >= 4 is 42.6 Å². The summed E-state index contributed by atoms with van der Waals surface area (Å²) in [6.45, 7) is 8.41. The van der Waals surface area contributed by atoms with Gasteiger partial charge in [0, 0.05) is 30.7 Å². The van der Waals surface area contributed by atoms with E-state index >= 15 is 0 Å². The molecule has 0 saturated carbocycles. The molecule has 1 fully saturated rings. The molecule has 0 aliphatic carbocycles. The summed E-state index contributed by atoms with van der Waals surface area (Å²) in [7, 11) is -0.418. The molecule has 5 nitrogen and oxygen atoms in total. The van der Waals surface area contributed by atoms with Gasteiger partial charge in [-0.15, -0.1) is 0 Å². The van der Waals surface area contributed by atoms with Crippen molar-refractivity contribution in [2.24, 2.45) is 5.73 Å². The van der Waals surface area contributed by atoms with Crippen LogP contribution in [0.2, 0.25) is 0 Å². The number of hydrogen-bond acceptors (Lipinski definition) is 5. The smallest absolute Gasteiger partial charge is 0.399 e. The molecule has 1 aromatic heterocycles. The Labute approximate surface area is 197 Å². The van der Waals surface area contributed by atoms with Crippen LogP contribution < -0.4 is 11.2 Å². The normalized spacial score (nSPS) is 17.7. The van der Waals surface area contributed by atoms with Gasteiger partial charge >= 0.3 is 7.12 Å². The minimum Gasteiger partial charge on any atom is -0.399 e. The molecule has 0 spiro atoms. The SMILES string of the molecule is CC1(C)OB(c2ccc([C@@H](CN)C(=O)Cc3ccc4cnccc4c3)cc2)OC1(C)C.S. The van der Waals surface area contributed by atoms with Gasteiger partial charge in [-0.25, -0.2) is 0 Å². The van der Waals surface area contributed by atoms with E-state index in [1.807, 2.05) is 82.4 Å². The van der Waals surface area contributed by atoms with Gasteiger partial charge < -0.3 is 15.0 Å². The number of carbonyl (C=O) groups is 1. The Morgan fingerprint density at radius 3 is 2.28 bits per heavy atom. The zero-order valence-electron chi connectivity index (χ0n) is 19.1. The van der Waals surface area contributed by atoms with Crippen LogP contribution in [0.5, 0.6) is 0 Å². The summed E-state index contributed by atoms with van der Waals surface area (Å²) >= 11 is 0. The number of benzene rings is 2. The van der Waals surface area contributed by atoms with E-state index in [0.717, 1.165) is 27.4 Å². The molecule has 0 bridgehead atoms. The molecule has 1 aliphatic rings. The lowest BCUT2D eigenvalue weighted by molar-refractivity contribution is -0.119. The Morgan fingerprint density at radius 1 is 1.00 bits per heavy atom. The molecule has 1 aliphatic heterocycles. The van der Waals surface area contributed by atoms with E-state index in [1.165, 1.54) is 0 Å². The first kappa shape index (κ1) is 24.5. The summed E-state index contributed by atoms with van der Waals surface area (Å²) < 4.78 is 12.2. The predicted molar refractivity (Wildman–Crippen MR) is 135 cm³/mol. The van der Waals surface area contributed by atoms with Gasteiger partial charge in [0.1, 0.15) is 5.78 Å². The molecule has 2 heterocycles. The van der Waals surface area contributed by atoms with Crippen LogP contribution in [-0.2, 0) is 20.5 Å². The van der Waals surface area contributed by atoms with Crippen LogP contribution >= 0.6 is 13.5 Å². The van der Waals surface area contributed by atoms with Crippen molar-refractivity contribution in [3.63, 3.8) is 0 Å². The lowest BCUT2D eigenvalue weighted by Gasteiger charge is -2.32. The number of pyridine rings is 1. The molecule has 2 N–H and O–H groups in total. The van der Waals surface area contributed by atoms with Crippen LogP contribution in [0, 0.1) is 0 Å². The first-order chi connectivity index (χ1) is 14.7. The molecule has 1 saturated heterocycles. The standard InChI is InChI=1S/C25H29BN2O3.H2S/c1-24(2)25(3,4)31-26(30-24)21-9-7-18(8-10-21)22(15-27)23(29)14-17-5-6-20-16-28-12-11-19(20)13-17;/h5-13,16,22H,14-15,27H2,1-4H3;1H2/t22-;/m1./s1. The van der Waals surface area contributed by atoms with Gasteiger partial charge in [-0.1, -0.05) is 42.5 Å². The van der Waals surface area contributed by atoms with Crippen molar-refractivity contribution in [2.45, 2.75) is 51.2 Å². The van der Waals surface area contributed by atoms with E-state index in [1.54, 1.807) is 6.20 Å². The first-order valence-electron chi connectivity index (χ1n) is 10.7. The van der Waals surface area contributed by atoms with Gasteiger partial charge in [0.05, 0.1) is 17.1 Å². The highest BCUT2D eigenvalue weighted by Crippen LogP contribution is 2.36. The monoisotopic (exact) mass is 450 g/mol. The number of fused-ring (bicyclic) bond motifs is 1. The second kappa shape index (κ2) is 9.36. The maximum atomic E-state index is 13.0. The van der Waals surface area contributed by atoms with Gasteiger partial charge in [-0.2, -0.15) is 13.5 Å². The second-order valence-electron chi connectivity index (χ2n) is 9.24. The predicted octanol–water partition coefficient (Wildman–Crippen LogP) is 3.50. The topological polar surface area (TPSA) is 74.4 Å². The Balaban J connectivity index is 0.00000289. The van der Waals surface area contributed by atoms with Crippen LogP contribution in [0.4, 0.5) is 0 Å². The molecule has 2 aromatic carbocycles. The number of nitrogens with two attached hydrogens (primary N) is 1. The molecular weight excluding hydrogens is 419 g/mol. The van der Waals surface area contributed by atoms with Crippen molar-refractivity contribution in [1.29, 1.82) is 0 Å². The average Bonchev–Trinajstić information content (AvgIpc) is 2.96. The molecule has 0 radical (unpaired) electrons. The fourth-order valence-corrected chi connectivity index (χ4v) is 3.89. The van der Waals surface area contributed by atoms with Gasteiger partial charge in [0.25, 0.3) is 0 Å². The highest BCUT2D eigenvalue weighted by molar-refractivity contribution is 7.59. The third kappa shape index (κ3) is 4.76. The van der Waals surface area contributed by atoms with Gasteiger partial charge in [0.15, 0.2) is 0 Å². The summed E-state index contributed by atoms with van der Waals surface area (Å²) in [5, 5.41) is 2.14. The maximum absolute atomic E-state index is 13.0. The number of rotatable bonds is 6. The number of hydrogen-bond donors (Lipinski definition) is 1. The number of carbonyl (C=O) groups excluding carboxylic acids is 1. The lowest BCUT2D eigenvalue weighted by atomic mass is 9.78. The van der Waals surface area contributed by atoms with Crippen molar-refractivity contribution in [3.05, 3.63) is 72.1 Å². The highest BCUT2D eigenvalue weighted by Gasteiger charge is 2.51. The molecular formula is C25H31BN2O3S. The molecule has 1 atom stereocenters. The number of aromatic nitrogens is 1. The average molecular weight is 450 g/mol. The number of nitrogens with zero attached hydrogens (tertiary/aromatic N) is 1. The molecule has 0 unspecified atom stereocenters. The van der Waals surface area contributed by atoms with Crippen LogP contribution in [0.3, 0.4) is 0 Å². The molecule has 168 valence electrons. The Kier molecular flexibility index (Phi) is 7.15. The molecule has 7 heteroatoms. The Hall–Kier alpha value is -2.19. The third-order valence-corrected chi connectivity index (χ3v) is 6.57. The van der Waals surface area contributed by atoms with Crippen molar-refractivity contribution in [3.8, 4) is 0 Å². The second-order valence-corrected chi connectivity index (χ2v) is 9.24. The Morgan fingerprint density at radius 2 is 1.66 bits per heavy atom. The highest BCUT2D eigenvalue weighted by atomic mass is 32.1. The van der Waals surface area contributed by atoms with E-state index < -0.39 is 7.12 Å². The molecule has 0 amide bonds. The van der Waals surface area contributed by atoms with Crippen molar-refractivity contribution in [1.82, 2.24) is 4.98 Å². The first-order valence-corrected chi connectivity index (χ1v) is 10.7. The van der Waals surface area contributed by atoms with Gasteiger partial charge in [-0.3, -0.25) is 9.78 Å². The maximum Gasteiger partial charge on any atom is 0.494 e. The molecule has 3 aromatic rings. The summed E-state index contributed by atoms with van der Waals surface area (Å²) in [4.78, 5) is 17.2. The van der Waals surface area contributed by atoms with Gasteiger partial charge in [-0.05, 0) is 55.7 Å². The summed E-state index contributed by atoms with van der Waals surface area (Å²) in [5.74, 6) is -0.236. The molecule has 4 rings (SSSR count). The largest absolute Gasteiger partial charge is 0.494 e. The summed E-state index contributed by atoms with van der Waals surface area (Å²) in [6.07, 6.45) is 3.93. The van der Waals surface area contributed by atoms with Crippen LogP contribution in [0.25, 0.3) is 10.8 Å². The Bertz CT molecular complexity index is 1090. The fraction of sp³-hybridized carbons (Fsp3) is 0.360. The van der Waals surface area contributed by atoms with E-state index in [-0.39, 0.29) is 42.9 Å². The minimum atomic E-state index is -0.418. The van der Waals surface area contributed by atoms with E-state index in [0.29, 0.717) is 6.42 Å². The number of Topliss-reactive ketones (excluding diaryl/α,β-unsaturated/α-hetero) is 1. The zero-order valence-corrected chi connectivity index (χ0v) is 20.1. The van der Waals surface area contributed by atoms with E-state index in [9.17, 15) is 4.79 Å². The van der Waals surface area contributed by atoms with Crippen LogP contribution in [-0.4, -0.2) is 35.6 Å². The number of ketones is 1. The summed E-state index contributed by atoms with van der Waals surface area (Å²) in [6, 6.07) is 15.8. The quantitative estimate of drug-likeness (QED) is 0.582.